The molecule has 1 aromatic rings. The number of benzene rings is 1. The van der Waals surface area contributed by atoms with Crippen LogP contribution in [0, 0.1) is 6.92 Å². The van der Waals surface area contributed by atoms with Crippen molar-refractivity contribution in [2.75, 3.05) is 20.8 Å². The zero-order chi connectivity index (χ0) is 13.0. The van der Waals surface area contributed by atoms with Crippen LogP contribution in [-0.2, 0) is 11.3 Å². The van der Waals surface area contributed by atoms with Crippen LogP contribution in [0.3, 0.4) is 0 Å². The Morgan fingerprint density at radius 1 is 1.53 bits per heavy atom. The Bertz CT molecular complexity index is 420. The highest BCUT2D eigenvalue weighted by Gasteiger charge is 2.13. The van der Waals surface area contributed by atoms with E-state index in [-0.39, 0.29) is 5.91 Å². The van der Waals surface area contributed by atoms with Gasteiger partial charge in [-0.05, 0) is 24.6 Å². The standard InChI is InChI=1S/C12H16ClNO3/c1-8-4-10(13)5-9(12(8)17-3)6-14(2)11(16)7-15/h4-5,15H,6-7H2,1-3H3. The third-order valence-corrected chi connectivity index (χ3v) is 2.71. The van der Waals surface area contributed by atoms with E-state index in [2.05, 4.69) is 0 Å². The highest BCUT2D eigenvalue weighted by atomic mass is 35.5. The number of hydrogen-bond acceptors (Lipinski definition) is 3. The maximum Gasteiger partial charge on any atom is 0.248 e. The van der Waals surface area contributed by atoms with Crippen LogP contribution in [0.4, 0.5) is 0 Å². The number of carbonyl (C=O) groups excluding carboxylic acids is 1. The molecular formula is C12H16ClNO3. The Morgan fingerprint density at radius 2 is 2.18 bits per heavy atom. The van der Waals surface area contributed by atoms with Crippen LogP contribution in [0.25, 0.3) is 0 Å². The molecule has 1 amide bonds. The number of likely N-dealkylation sites (N-methyl/N-ethyl adjacent to an activating group) is 1. The lowest BCUT2D eigenvalue weighted by molar-refractivity contribution is -0.133. The van der Waals surface area contributed by atoms with Gasteiger partial charge in [0.15, 0.2) is 0 Å². The molecule has 0 bridgehead atoms. The van der Waals surface area contributed by atoms with Gasteiger partial charge >= 0.3 is 0 Å². The molecular weight excluding hydrogens is 242 g/mol. The normalized spacial score (nSPS) is 10.2. The second kappa shape index (κ2) is 5.89. The minimum Gasteiger partial charge on any atom is -0.496 e. The number of aliphatic hydroxyl groups is 1. The fraction of sp³-hybridized carbons (Fsp3) is 0.417. The Kier molecular flexibility index (Phi) is 4.78. The van der Waals surface area contributed by atoms with E-state index in [9.17, 15) is 4.79 Å². The van der Waals surface area contributed by atoms with Gasteiger partial charge in [0.1, 0.15) is 12.4 Å². The first-order valence-corrected chi connectivity index (χ1v) is 5.55. The number of carbonyl (C=O) groups is 1. The average molecular weight is 258 g/mol. The quantitative estimate of drug-likeness (QED) is 0.892. The van der Waals surface area contributed by atoms with Crippen molar-refractivity contribution >= 4 is 17.5 Å². The van der Waals surface area contributed by atoms with E-state index >= 15 is 0 Å². The minimum absolute atomic E-state index is 0.343. The van der Waals surface area contributed by atoms with Gasteiger partial charge in [0.05, 0.1) is 7.11 Å². The molecule has 0 aliphatic heterocycles. The zero-order valence-electron chi connectivity index (χ0n) is 10.2. The summed E-state index contributed by atoms with van der Waals surface area (Å²) in [6, 6.07) is 3.56. The molecule has 1 rings (SSSR count). The number of aliphatic hydroxyl groups excluding tert-OH is 1. The molecule has 17 heavy (non-hydrogen) atoms. The lowest BCUT2D eigenvalue weighted by Crippen LogP contribution is -2.28. The molecule has 0 unspecified atom stereocenters. The Balaban J connectivity index is 3.01. The van der Waals surface area contributed by atoms with Crippen LogP contribution in [0.15, 0.2) is 12.1 Å². The highest BCUT2D eigenvalue weighted by Crippen LogP contribution is 2.28. The number of methoxy groups -OCH3 is 1. The average Bonchev–Trinajstić information content (AvgIpc) is 2.27. The smallest absolute Gasteiger partial charge is 0.248 e. The van der Waals surface area contributed by atoms with Gasteiger partial charge in [0.2, 0.25) is 5.91 Å². The van der Waals surface area contributed by atoms with E-state index in [4.69, 9.17) is 21.4 Å². The minimum atomic E-state index is -0.502. The molecule has 0 aromatic heterocycles. The molecule has 1 N–H and O–H groups in total. The molecule has 0 fully saturated rings. The van der Waals surface area contributed by atoms with E-state index in [0.717, 1.165) is 11.1 Å². The van der Waals surface area contributed by atoms with Crippen molar-refractivity contribution in [1.29, 1.82) is 0 Å². The fourth-order valence-corrected chi connectivity index (χ4v) is 1.97. The van der Waals surface area contributed by atoms with E-state index < -0.39 is 6.61 Å². The Hall–Kier alpha value is -1.26. The summed E-state index contributed by atoms with van der Waals surface area (Å²) in [5, 5.41) is 9.37. The molecule has 0 saturated heterocycles. The first-order valence-electron chi connectivity index (χ1n) is 5.17. The van der Waals surface area contributed by atoms with Crippen molar-refractivity contribution in [3.63, 3.8) is 0 Å². The molecule has 0 aliphatic carbocycles. The van der Waals surface area contributed by atoms with E-state index in [1.807, 2.05) is 6.92 Å². The Morgan fingerprint density at radius 3 is 2.71 bits per heavy atom. The van der Waals surface area contributed by atoms with Crippen molar-refractivity contribution in [1.82, 2.24) is 4.90 Å². The van der Waals surface area contributed by atoms with Gasteiger partial charge < -0.3 is 14.7 Å². The van der Waals surface area contributed by atoms with Crippen molar-refractivity contribution in [2.24, 2.45) is 0 Å². The SMILES string of the molecule is COc1c(C)cc(Cl)cc1CN(C)C(=O)CO. The monoisotopic (exact) mass is 257 g/mol. The molecule has 4 nitrogen and oxygen atoms in total. The second-order valence-corrected chi connectivity index (χ2v) is 4.26. The summed E-state index contributed by atoms with van der Waals surface area (Å²) in [6.45, 7) is 1.74. The topological polar surface area (TPSA) is 49.8 Å². The molecule has 0 saturated carbocycles. The molecule has 0 heterocycles. The third-order valence-electron chi connectivity index (χ3n) is 2.49. The number of aryl methyl sites for hydroxylation is 1. The zero-order valence-corrected chi connectivity index (χ0v) is 10.9. The predicted octanol–water partition coefficient (Wildman–Crippen LogP) is 1.61. The largest absolute Gasteiger partial charge is 0.496 e. The van der Waals surface area contributed by atoms with E-state index in [0.29, 0.717) is 17.3 Å². The summed E-state index contributed by atoms with van der Waals surface area (Å²) >= 11 is 5.97. The number of hydrogen-bond donors (Lipinski definition) is 1. The van der Waals surface area contributed by atoms with Gasteiger partial charge in [-0.2, -0.15) is 0 Å². The number of ether oxygens (including phenoxy) is 1. The van der Waals surface area contributed by atoms with E-state index in [1.54, 1.807) is 26.3 Å². The van der Waals surface area contributed by atoms with Gasteiger partial charge in [-0.3, -0.25) is 4.79 Å². The highest BCUT2D eigenvalue weighted by molar-refractivity contribution is 6.30. The molecule has 0 atom stereocenters. The molecule has 1 aromatic carbocycles. The Labute approximate surface area is 106 Å². The predicted molar refractivity (Wildman–Crippen MR) is 66.3 cm³/mol. The summed E-state index contributed by atoms with van der Waals surface area (Å²) in [7, 11) is 3.20. The summed E-state index contributed by atoms with van der Waals surface area (Å²) in [4.78, 5) is 12.7. The van der Waals surface area contributed by atoms with Crippen LogP contribution in [0.5, 0.6) is 5.75 Å². The van der Waals surface area contributed by atoms with Crippen LogP contribution >= 0.6 is 11.6 Å². The summed E-state index contributed by atoms with van der Waals surface area (Å²) in [6.07, 6.45) is 0. The van der Waals surface area contributed by atoms with Gasteiger partial charge in [-0.15, -0.1) is 0 Å². The lowest BCUT2D eigenvalue weighted by atomic mass is 10.1. The molecule has 0 radical (unpaired) electrons. The maximum atomic E-state index is 11.3. The van der Waals surface area contributed by atoms with Crippen LogP contribution in [0.1, 0.15) is 11.1 Å². The van der Waals surface area contributed by atoms with Crippen molar-refractivity contribution in [3.8, 4) is 5.75 Å². The van der Waals surface area contributed by atoms with Gasteiger partial charge in [0, 0.05) is 24.2 Å². The first-order chi connectivity index (χ1) is 7.99. The van der Waals surface area contributed by atoms with Crippen molar-refractivity contribution in [2.45, 2.75) is 13.5 Å². The summed E-state index contributed by atoms with van der Waals surface area (Å²) in [5.41, 5.74) is 1.74. The van der Waals surface area contributed by atoms with Crippen LogP contribution < -0.4 is 4.74 Å². The second-order valence-electron chi connectivity index (χ2n) is 3.82. The van der Waals surface area contributed by atoms with Crippen molar-refractivity contribution in [3.05, 3.63) is 28.3 Å². The van der Waals surface area contributed by atoms with Gasteiger partial charge in [0.25, 0.3) is 0 Å². The van der Waals surface area contributed by atoms with Crippen LogP contribution in [-0.4, -0.2) is 36.7 Å². The number of amides is 1. The summed E-state index contributed by atoms with van der Waals surface area (Å²) < 4.78 is 5.29. The molecule has 0 aliphatic rings. The number of nitrogens with zero attached hydrogens (tertiary/aromatic N) is 1. The maximum absolute atomic E-state index is 11.3. The molecule has 94 valence electrons. The van der Waals surface area contributed by atoms with E-state index in [1.165, 1.54) is 4.90 Å². The van der Waals surface area contributed by atoms with Crippen LogP contribution in [0.2, 0.25) is 5.02 Å². The van der Waals surface area contributed by atoms with Gasteiger partial charge in [-0.1, -0.05) is 11.6 Å². The molecule has 5 heteroatoms. The lowest BCUT2D eigenvalue weighted by Gasteiger charge is -2.19. The number of halogens is 1. The van der Waals surface area contributed by atoms with Crippen molar-refractivity contribution < 1.29 is 14.6 Å². The van der Waals surface area contributed by atoms with Gasteiger partial charge in [-0.25, -0.2) is 0 Å². The summed E-state index contributed by atoms with van der Waals surface area (Å²) in [5.74, 6) is 0.372. The first kappa shape index (κ1) is 13.8. The molecule has 0 spiro atoms. The fourth-order valence-electron chi connectivity index (χ4n) is 1.67. The number of rotatable bonds is 4. The third kappa shape index (κ3) is 3.35.